The van der Waals surface area contributed by atoms with Crippen LogP contribution in [-0.4, -0.2) is 35.6 Å². The van der Waals surface area contributed by atoms with Crippen molar-refractivity contribution in [2.45, 2.75) is 39.7 Å². The number of hydrogen-bond donors (Lipinski definition) is 1. The number of carbonyl (C=O) groups is 1. The Labute approximate surface area is 189 Å². The lowest BCUT2D eigenvalue weighted by atomic mass is 9.97. The topological polar surface area (TPSA) is 71.5 Å². The first-order chi connectivity index (χ1) is 14.5. The summed E-state index contributed by atoms with van der Waals surface area (Å²) >= 11 is 0. The Morgan fingerprint density at radius 2 is 1.87 bits per heavy atom. The van der Waals surface area contributed by atoms with Crippen molar-refractivity contribution >= 4 is 18.3 Å². The van der Waals surface area contributed by atoms with Gasteiger partial charge in [0.05, 0.1) is 6.04 Å². The average molecular weight is 444 g/mol. The second-order valence-corrected chi connectivity index (χ2v) is 8.34. The average Bonchev–Trinajstić information content (AvgIpc) is 3.39. The third-order valence-corrected chi connectivity index (χ3v) is 5.88. The SMILES string of the molecule is Cc1ccc(-c2cc(C(=O)NCC(c3ccc(C)o3)N3CCC(C)CC3)no2)cc1.Cl. The molecule has 0 bridgehead atoms. The lowest BCUT2D eigenvalue weighted by Gasteiger charge is -2.35. The minimum Gasteiger partial charge on any atom is -0.465 e. The molecule has 1 unspecified atom stereocenters. The van der Waals surface area contributed by atoms with E-state index in [2.05, 4.69) is 22.3 Å². The molecule has 0 radical (unpaired) electrons. The number of benzene rings is 1. The van der Waals surface area contributed by atoms with Crippen LogP contribution < -0.4 is 5.32 Å². The van der Waals surface area contributed by atoms with Crippen molar-refractivity contribution in [1.82, 2.24) is 15.4 Å². The first-order valence-electron chi connectivity index (χ1n) is 10.6. The Bertz CT molecular complexity index is 988. The van der Waals surface area contributed by atoms with Gasteiger partial charge in [0.15, 0.2) is 11.5 Å². The van der Waals surface area contributed by atoms with E-state index in [1.807, 2.05) is 50.2 Å². The van der Waals surface area contributed by atoms with Crippen LogP contribution in [0.5, 0.6) is 0 Å². The fourth-order valence-corrected chi connectivity index (χ4v) is 3.90. The van der Waals surface area contributed by atoms with Crippen LogP contribution in [-0.2, 0) is 0 Å². The Balaban J connectivity index is 0.00000272. The van der Waals surface area contributed by atoms with E-state index in [1.165, 1.54) is 5.56 Å². The van der Waals surface area contributed by atoms with Gasteiger partial charge in [-0.3, -0.25) is 9.69 Å². The first kappa shape index (κ1) is 23.1. The third kappa shape index (κ3) is 5.57. The summed E-state index contributed by atoms with van der Waals surface area (Å²) in [5.74, 6) is 2.86. The quantitative estimate of drug-likeness (QED) is 0.568. The molecule has 1 amide bonds. The molecule has 1 saturated heterocycles. The summed E-state index contributed by atoms with van der Waals surface area (Å²) in [6.07, 6.45) is 2.32. The number of furan rings is 1. The van der Waals surface area contributed by atoms with Crippen molar-refractivity contribution in [3.63, 3.8) is 0 Å². The van der Waals surface area contributed by atoms with E-state index in [9.17, 15) is 4.79 Å². The molecule has 1 atom stereocenters. The van der Waals surface area contributed by atoms with Crippen molar-refractivity contribution in [3.8, 4) is 11.3 Å². The van der Waals surface area contributed by atoms with Crippen LogP contribution in [0.2, 0.25) is 0 Å². The molecule has 1 aromatic carbocycles. The fraction of sp³-hybridized carbons (Fsp3) is 0.417. The minimum absolute atomic E-state index is 0. The van der Waals surface area contributed by atoms with Gasteiger partial charge in [0, 0.05) is 18.2 Å². The lowest BCUT2D eigenvalue weighted by Crippen LogP contribution is -2.41. The van der Waals surface area contributed by atoms with Crippen LogP contribution in [0, 0.1) is 19.8 Å². The molecule has 1 aliphatic heterocycles. The fourth-order valence-electron chi connectivity index (χ4n) is 3.90. The standard InChI is InChI=1S/C24H29N3O3.ClH/c1-16-4-7-19(8-5-16)23-14-20(26-30-23)24(28)25-15-21(22-9-6-18(3)29-22)27-12-10-17(2)11-13-27;/h4-9,14,17,21H,10-13,15H2,1-3H3,(H,25,28);1H. The number of aromatic nitrogens is 1. The number of carbonyl (C=O) groups excluding carboxylic acids is 1. The molecule has 1 aliphatic rings. The van der Waals surface area contributed by atoms with E-state index in [0.29, 0.717) is 12.3 Å². The maximum Gasteiger partial charge on any atom is 0.273 e. The van der Waals surface area contributed by atoms with Gasteiger partial charge in [0.1, 0.15) is 11.5 Å². The molecule has 0 saturated carbocycles. The highest BCUT2D eigenvalue weighted by Gasteiger charge is 2.27. The Kier molecular flexibility index (Phi) is 7.57. The monoisotopic (exact) mass is 443 g/mol. The summed E-state index contributed by atoms with van der Waals surface area (Å²) < 4.78 is 11.3. The maximum atomic E-state index is 12.7. The summed E-state index contributed by atoms with van der Waals surface area (Å²) in [6.45, 7) is 8.74. The van der Waals surface area contributed by atoms with Gasteiger partial charge < -0.3 is 14.3 Å². The molecule has 31 heavy (non-hydrogen) atoms. The smallest absolute Gasteiger partial charge is 0.273 e. The largest absolute Gasteiger partial charge is 0.465 e. The number of likely N-dealkylation sites (tertiary alicyclic amines) is 1. The van der Waals surface area contributed by atoms with Gasteiger partial charge in [-0.05, 0) is 57.8 Å². The number of hydrogen-bond acceptors (Lipinski definition) is 5. The highest BCUT2D eigenvalue weighted by Crippen LogP contribution is 2.28. The molecular weight excluding hydrogens is 414 g/mol. The van der Waals surface area contributed by atoms with Crippen molar-refractivity contribution in [1.29, 1.82) is 0 Å². The molecule has 4 rings (SSSR count). The van der Waals surface area contributed by atoms with E-state index in [4.69, 9.17) is 8.94 Å². The van der Waals surface area contributed by atoms with Crippen LogP contribution in [0.15, 0.2) is 51.4 Å². The van der Waals surface area contributed by atoms with Crippen molar-refractivity contribution in [3.05, 3.63) is 65.2 Å². The van der Waals surface area contributed by atoms with Crippen LogP contribution in [0.4, 0.5) is 0 Å². The van der Waals surface area contributed by atoms with Gasteiger partial charge in [-0.1, -0.05) is 41.9 Å². The van der Waals surface area contributed by atoms with Crippen molar-refractivity contribution < 1.29 is 13.7 Å². The molecule has 0 aliphatic carbocycles. The van der Waals surface area contributed by atoms with Crippen molar-refractivity contribution in [2.24, 2.45) is 5.92 Å². The third-order valence-electron chi connectivity index (χ3n) is 5.88. The highest BCUT2D eigenvalue weighted by molar-refractivity contribution is 5.93. The van der Waals surface area contributed by atoms with E-state index < -0.39 is 0 Å². The van der Waals surface area contributed by atoms with Gasteiger partial charge in [0.2, 0.25) is 0 Å². The molecule has 2 aromatic heterocycles. The summed E-state index contributed by atoms with van der Waals surface area (Å²) in [7, 11) is 0. The highest BCUT2D eigenvalue weighted by atomic mass is 35.5. The molecule has 3 heterocycles. The first-order valence-corrected chi connectivity index (χ1v) is 10.6. The molecule has 1 fully saturated rings. The van der Waals surface area contributed by atoms with Crippen LogP contribution in [0.3, 0.4) is 0 Å². The van der Waals surface area contributed by atoms with Crippen LogP contribution >= 0.6 is 12.4 Å². The Morgan fingerprint density at radius 1 is 1.16 bits per heavy atom. The molecular formula is C24H30ClN3O3. The molecule has 3 aromatic rings. The molecule has 166 valence electrons. The molecule has 7 heteroatoms. The number of piperidine rings is 1. The van der Waals surface area contributed by atoms with E-state index in [1.54, 1.807) is 6.07 Å². The van der Waals surface area contributed by atoms with Gasteiger partial charge in [-0.2, -0.15) is 0 Å². The van der Waals surface area contributed by atoms with E-state index >= 15 is 0 Å². The van der Waals surface area contributed by atoms with Gasteiger partial charge >= 0.3 is 0 Å². The number of rotatable bonds is 6. The Morgan fingerprint density at radius 3 is 2.52 bits per heavy atom. The minimum atomic E-state index is -0.240. The molecule has 1 N–H and O–H groups in total. The number of halogens is 1. The number of amides is 1. The second kappa shape index (κ2) is 10.2. The van der Waals surface area contributed by atoms with Crippen LogP contribution in [0.25, 0.3) is 11.3 Å². The predicted molar refractivity (Wildman–Crippen MR) is 122 cm³/mol. The molecule has 6 nitrogen and oxygen atoms in total. The molecule has 0 spiro atoms. The summed E-state index contributed by atoms with van der Waals surface area (Å²) in [4.78, 5) is 15.1. The van der Waals surface area contributed by atoms with E-state index in [-0.39, 0.29) is 30.0 Å². The Hall–Kier alpha value is -2.57. The van der Waals surface area contributed by atoms with Gasteiger partial charge in [-0.15, -0.1) is 12.4 Å². The van der Waals surface area contributed by atoms with E-state index in [0.717, 1.165) is 48.9 Å². The summed E-state index contributed by atoms with van der Waals surface area (Å²) in [5.41, 5.74) is 2.35. The van der Waals surface area contributed by atoms with Crippen LogP contribution in [0.1, 0.15) is 53.4 Å². The normalized spacial score (nSPS) is 16.0. The van der Waals surface area contributed by atoms with Gasteiger partial charge in [-0.25, -0.2) is 0 Å². The zero-order valence-electron chi connectivity index (χ0n) is 18.3. The number of nitrogens with zero attached hydrogens (tertiary/aromatic N) is 2. The lowest BCUT2D eigenvalue weighted by molar-refractivity contribution is 0.0887. The summed E-state index contributed by atoms with van der Waals surface area (Å²) in [5, 5.41) is 6.99. The number of nitrogens with one attached hydrogen (secondary N) is 1. The van der Waals surface area contributed by atoms with Gasteiger partial charge in [0.25, 0.3) is 5.91 Å². The summed E-state index contributed by atoms with van der Waals surface area (Å²) in [6, 6.07) is 13.6. The zero-order valence-corrected chi connectivity index (χ0v) is 19.1. The predicted octanol–water partition coefficient (Wildman–Crippen LogP) is 5.18. The maximum absolute atomic E-state index is 12.7. The second-order valence-electron chi connectivity index (χ2n) is 8.34. The zero-order chi connectivity index (χ0) is 21.1. The number of aryl methyl sites for hydroxylation is 2. The van der Waals surface area contributed by atoms with Crippen molar-refractivity contribution in [2.75, 3.05) is 19.6 Å².